The van der Waals surface area contributed by atoms with Crippen molar-refractivity contribution in [1.29, 1.82) is 0 Å². The molecule has 0 aliphatic heterocycles. The second-order valence-corrected chi connectivity index (χ2v) is 5.73. The van der Waals surface area contributed by atoms with E-state index in [4.69, 9.17) is 15.6 Å². The van der Waals surface area contributed by atoms with Gasteiger partial charge in [0, 0.05) is 17.8 Å². The van der Waals surface area contributed by atoms with Crippen molar-refractivity contribution in [2.45, 2.75) is 32.8 Å². The third-order valence-corrected chi connectivity index (χ3v) is 2.63. The molecule has 0 aliphatic rings. The highest BCUT2D eigenvalue weighted by Gasteiger charge is 2.15. The number of hydrogen-bond acceptors (Lipinski definition) is 4. The van der Waals surface area contributed by atoms with Crippen molar-refractivity contribution in [2.75, 3.05) is 12.3 Å². The number of carbonyl (C=O) groups excluding carboxylic acids is 1. The van der Waals surface area contributed by atoms with Gasteiger partial charge >= 0.3 is 12.1 Å². The number of ether oxygens (including phenoxy) is 1. The largest absolute Gasteiger partial charge is 0.478 e. The van der Waals surface area contributed by atoms with Gasteiger partial charge in [0.25, 0.3) is 0 Å². The molecule has 1 rings (SSSR count). The number of nitrogen functional groups attached to an aromatic ring is 1. The Morgan fingerprint density at radius 2 is 2.05 bits per heavy atom. The minimum atomic E-state index is -1.03. The van der Waals surface area contributed by atoms with Crippen LogP contribution in [0.25, 0.3) is 6.08 Å². The van der Waals surface area contributed by atoms with E-state index in [-0.39, 0.29) is 5.56 Å². The topological polar surface area (TPSA) is 102 Å². The fourth-order valence-electron chi connectivity index (χ4n) is 1.73. The lowest BCUT2D eigenvalue weighted by atomic mass is 10.0. The summed E-state index contributed by atoms with van der Waals surface area (Å²) in [4.78, 5) is 22.6. The lowest BCUT2D eigenvalue weighted by molar-refractivity contribution is 0.0528. The highest BCUT2D eigenvalue weighted by atomic mass is 16.6. The van der Waals surface area contributed by atoms with Crippen molar-refractivity contribution in [3.05, 3.63) is 35.4 Å². The van der Waals surface area contributed by atoms with E-state index in [1.807, 2.05) is 0 Å². The smallest absolute Gasteiger partial charge is 0.407 e. The second kappa shape index (κ2) is 7.49. The van der Waals surface area contributed by atoms with Gasteiger partial charge in [-0.05, 0) is 39.3 Å². The van der Waals surface area contributed by atoms with E-state index in [9.17, 15) is 9.59 Å². The Balaban J connectivity index is 2.54. The lowest BCUT2D eigenvalue weighted by Crippen LogP contribution is -2.32. The van der Waals surface area contributed by atoms with E-state index >= 15 is 0 Å². The van der Waals surface area contributed by atoms with Gasteiger partial charge < -0.3 is 20.9 Å². The summed E-state index contributed by atoms with van der Waals surface area (Å²) in [5.41, 5.74) is 6.27. The van der Waals surface area contributed by atoms with Crippen LogP contribution in [-0.2, 0) is 4.74 Å². The summed E-state index contributed by atoms with van der Waals surface area (Å²) in [6.07, 6.45) is 3.46. The van der Waals surface area contributed by atoms with Crippen molar-refractivity contribution >= 4 is 23.8 Å². The molecule has 0 spiro atoms. The SMILES string of the molecule is CC(C)(C)OC(=O)NCCC=Cc1c(N)cccc1C(=O)O. The van der Waals surface area contributed by atoms with Crippen LogP contribution in [0.1, 0.15) is 43.1 Å². The van der Waals surface area contributed by atoms with Crippen molar-refractivity contribution in [2.24, 2.45) is 0 Å². The molecule has 0 aliphatic carbocycles. The Morgan fingerprint density at radius 1 is 1.36 bits per heavy atom. The van der Waals surface area contributed by atoms with Gasteiger partial charge in [-0.3, -0.25) is 0 Å². The molecular weight excluding hydrogens is 284 g/mol. The molecule has 1 aromatic carbocycles. The molecule has 0 fully saturated rings. The van der Waals surface area contributed by atoms with Gasteiger partial charge in [-0.15, -0.1) is 0 Å². The van der Waals surface area contributed by atoms with Crippen LogP contribution in [0.5, 0.6) is 0 Å². The van der Waals surface area contributed by atoms with Crippen LogP contribution in [0.4, 0.5) is 10.5 Å². The van der Waals surface area contributed by atoms with E-state index in [2.05, 4.69) is 5.32 Å². The van der Waals surface area contributed by atoms with E-state index < -0.39 is 17.7 Å². The van der Waals surface area contributed by atoms with Crippen molar-refractivity contribution in [3.8, 4) is 0 Å². The number of anilines is 1. The number of alkyl carbamates (subject to hydrolysis) is 1. The molecule has 0 heterocycles. The van der Waals surface area contributed by atoms with Gasteiger partial charge in [0.1, 0.15) is 5.60 Å². The van der Waals surface area contributed by atoms with Crippen LogP contribution in [0.15, 0.2) is 24.3 Å². The average Bonchev–Trinajstić information content (AvgIpc) is 2.37. The predicted octanol–water partition coefficient (Wildman–Crippen LogP) is 2.90. The molecule has 0 radical (unpaired) electrons. The maximum atomic E-state index is 11.4. The summed E-state index contributed by atoms with van der Waals surface area (Å²) < 4.78 is 5.10. The number of hydrogen-bond donors (Lipinski definition) is 3. The fourth-order valence-corrected chi connectivity index (χ4v) is 1.73. The zero-order valence-electron chi connectivity index (χ0n) is 13.1. The summed E-state index contributed by atoms with van der Waals surface area (Å²) in [5, 5.41) is 11.7. The van der Waals surface area contributed by atoms with Crippen LogP contribution in [-0.4, -0.2) is 29.3 Å². The minimum Gasteiger partial charge on any atom is -0.478 e. The van der Waals surface area contributed by atoms with E-state index in [1.54, 1.807) is 45.1 Å². The molecule has 0 unspecified atom stereocenters. The molecule has 22 heavy (non-hydrogen) atoms. The third-order valence-electron chi connectivity index (χ3n) is 2.63. The molecular formula is C16H22N2O4. The Kier molecular flexibility index (Phi) is 5.98. The molecule has 1 amide bonds. The minimum absolute atomic E-state index is 0.149. The summed E-state index contributed by atoms with van der Waals surface area (Å²) in [6.45, 7) is 5.76. The number of benzene rings is 1. The number of nitrogens with one attached hydrogen (secondary N) is 1. The Morgan fingerprint density at radius 3 is 2.64 bits per heavy atom. The van der Waals surface area contributed by atoms with E-state index in [0.29, 0.717) is 24.2 Å². The van der Waals surface area contributed by atoms with E-state index in [1.165, 1.54) is 6.07 Å². The molecule has 6 nitrogen and oxygen atoms in total. The van der Waals surface area contributed by atoms with Gasteiger partial charge in [-0.25, -0.2) is 9.59 Å². The van der Waals surface area contributed by atoms with Gasteiger partial charge in [0.05, 0.1) is 5.56 Å². The first-order valence-corrected chi connectivity index (χ1v) is 6.96. The molecule has 6 heteroatoms. The van der Waals surface area contributed by atoms with Crippen LogP contribution >= 0.6 is 0 Å². The maximum Gasteiger partial charge on any atom is 0.407 e. The van der Waals surface area contributed by atoms with Crippen molar-refractivity contribution in [1.82, 2.24) is 5.32 Å². The summed E-state index contributed by atoms with van der Waals surface area (Å²) in [5.74, 6) is -1.03. The fraction of sp³-hybridized carbons (Fsp3) is 0.375. The Labute approximate surface area is 130 Å². The number of nitrogens with two attached hydrogens (primary N) is 1. The van der Waals surface area contributed by atoms with Gasteiger partial charge in [0.15, 0.2) is 0 Å². The molecule has 0 saturated carbocycles. The predicted molar refractivity (Wildman–Crippen MR) is 85.7 cm³/mol. The molecule has 0 atom stereocenters. The number of carboxylic acids is 1. The molecule has 120 valence electrons. The normalized spacial score (nSPS) is 11.4. The average molecular weight is 306 g/mol. The zero-order chi connectivity index (χ0) is 16.8. The first-order valence-electron chi connectivity index (χ1n) is 6.96. The number of rotatable bonds is 5. The Hall–Kier alpha value is -2.50. The van der Waals surface area contributed by atoms with Gasteiger partial charge in [-0.2, -0.15) is 0 Å². The number of amides is 1. The molecule has 0 aromatic heterocycles. The lowest BCUT2D eigenvalue weighted by Gasteiger charge is -2.19. The molecule has 1 aromatic rings. The van der Waals surface area contributed by atoms with Crippen LogP contribution in [0, 0.1) is 0 Å². The van der Waals surface area contributed by atoms with Crippen molar-refractivity contribution < 1.29 is 19.4 Å². The Bertz CT molecular complexity index is 574. The van der Waals surface area contributed by atoms with Crippen LogP contribution in [0.2, 0.25) is 0 Å². The molecule has 0 bridgehead atoms. The van der Waals surface area contributed by atoms with Crippen LogP contribution < -0.4 is 11.1 Å². The summed E-state index contributed by atoms with van der Waals surface area (Å²) in [6, 6.07) is 4.74. The summed E-state index contributed by atoms with van der Waals surface area (Å²) in [7, 11) is 0. The van der Waals surface area contributed by atoms with Gasteiger partial charge in [0.2, 0.25) is 0 Å². The number of carbonyl (C=O) groups is 2. The zero-order valence-corrected chi connectivity index (χ0v) is 13.1. The molecule has 4 N–H and O–H groups in total. The monoisotopic (exact) mass is 306 g/mol. The van der Waals surface area contributed by atoms with Gasteiger partial charge in [-0.1, -0.05) is 18.2 Å². The third kappa shape index (κ3) is 5.87. The number of carboxylic acid groups (broad SMARTS) is 1. The van der Waals surface area contributed by atoms with E-state index in [0.717, 1.165) is 0 Å². The summed E-state index contributed by atoms with van der Waals surface area (Å²) >= 11 is 0. The second-order valence-electron chi connectivity index (χ2n) is 5.73. The maximum absolute atomic E-state index is 11.4. The first-order chi connectivity index (χ1) is 10.2. The first kappa shape index (κ1) is 17.6. The standard InChI is InChI=1S/C16H22N2O4/c1-16(2,3)22-15(21)18-10-5-4-7-11-12(14(19)20)8-6-9-13(11)17/h4,6-9H,5,10,17H2,1-3H3,(H,18,21)(H,19,20). The highest BCUT2D eigenvalue weighted by Crippen LogP contribution is 2.19. The van der Waals surface area contributed by atoms with Crippen LogP contribution in [0.3, 0.4) is 0 Å². The van der Waals surface area contributed by atoms with Crippen molar-refractivity contribution in [3.63, 3.8) is 0 Å². The quantitative estimate of drug-likeness (QED) is 0.573. The number of aromatic carboxylic acids is 1. The highest BCUT2D eigenvalue weighted by molar-refractivity contribution is 5.94. The molecule has 0 saturated heterocycles.